The van der Waals surface area contributed by atoms with Gasteiger partial charge in [-0.25, -0.2) is 14.4 Å². The molecule has 0 aromatic carbocycles. The lowest BCUT2D eigenvalue weighted by Crippen LogP contribution is -2.14. The molecule has 0 heterocycles. The van der Waals surface area contributed by atoms with Gasteiger partial charge in [-0.2, -0.15) is 0 Å². The third-order valence-electron chi connectivity index (χ3n) is 7.13. The maximum Gasteiger partial charge on any atom is 0.331 e. The summed E-state index contributed by atoms with van der Waals surface area (Å²) in [6.07, 6.45) is 9.19. The summed E-state index contributed by atoms with van der Waals surface area (Å²) in [6.45, 7) is 7.98. The number of carbonyl (C=O) groups excluding carboxylic acids is 6. The van der Waals surface area contributed by atoms with Crippen LogP contribution in [0.1, 0.15) is 98.3 Å². The molecule has 4 unspecified atom stereocenters. The Labute approximate surface area is 284 Å². The second kappa shape index (κ2) is 28.4. The Morgan fingerprint density at radius 1 is 0.542 bits per heavy atom. The van der Waals surface area contributed by atoms with Crippen LogP contribution >= 0.6 is 0 Å². The number of aliphatic hydroxyl groups is 1. The molecule has 274 valence electrons. The van der Waals surface area contributed by atoms with Gasteiger partial charge in [-0.3, -0.25) is 14.4 Å². The van der Waals surface area contributed by atoms with Crippen LogP contribution in [0.5, 0.6) is 0 Å². The van der Waals surface area contributed by atoms with Crippen LogP contribution in [0.2, 0.25) is 0 Å². The van der Waals surface area contributed by atoms with Crippen molar-refractivity contribution in [2.45, 2.75) is 111 Å². The number of methoxy groups -OCH3 is 1. The molecule has 0 aliphatic carbocycles. The number of rotatable bonds is 28. The predicted molar refractivity (Wildman–Crippen MR) is 175 cm³/mol. The van der Waals surface area contributed by atoms with Gasteiger partial charge in [0.25, 0.3) is 0 Å². The second-order valence-electron chi connectivity index (χ2n) is 11.9. The molecule has 0 aliphatic rings. The first-order valence-electron chi connectivity index (χ1n) is 16.7. The Bertz CT molecular complexity index is 1020. The molecule has 0 saturated heterocycles. The number of carbonyl (C=O) groups is 6. The van der Waals surface area contributed by atoms with Crippen LogP contribution < -0.4 is 0 Å². The summed E-state index contributed by atoms with van der Waals surface area (Å²) in [5, 5.41) is 9.06. The van der Waals surface area contributed by atoms with E-state index in [1.165, 1.54) is 13.0 Å². The van der Waals surface area contributed by atoms with Crippen LogP contribution in [0.15, 0.2) is 24.3 Å². The fraction of sp³-hybridized carbons (Fsp3) is 0.714. The number of ketones is 1. The molecule has 0 aliphatic heterocycles. The lowest BCUT2D eigenvalue weighted by molar-refractivity contribution is -0.144. The van der Waals surface area contributed by atoms with Crippen molar-refractivity contribution in [1.29, 1.82) is 0 Å². The van der Waals surface area contributed by atoms with E-state index in [0.29, 0.717) is 58.0 Å². The van der Waals surface area contributed by atoms with Crippen LogP contribution in [-0.4, -0.2) is 93.1 Å². The molecule has 0 aromatic rings. The lowest BCUT2D eigenvalue weighted by atomic mass is 10.0. The molecule has 48 heavy (non-hydrogen) atoms. The van der Waals surface area contributed by atoms with Gasteiger partial charge in [-0.1, -0.05) is 13.8 Å². The first-order valence-corrected chi connectivity index (χ1v) is 16.7. The van der Waals surface area contributed by atoms with E-state index in [2.05, 4.69) is 0 Å². The van der Waals surface area contributed by atoms with Gasteiger partial charge < -0.3 is 33.5 Å². The molecule has 0 bridgehead atoms. The zero-order valence-corrected chi connectivity index (χ0v) is 29.3. The maximum absolute atomic E-state index is 12.0. The topological polar surface area (TPSA) is 178 Å². The molecule has 0 saturated carbocycles. The Balaban J connectivity index is 3.78. The molecule has 0 amide bonds. The summed E-state index contributed by atoms with van der Waals surface area (Å²) >= 11 is 0. The first-order chi connectivity index (χ1) is 22.8. The van der Waals surface area contributed by atoms with E-state index in [9.17, 15) is 28.8 Å². The van der Waals surface area contributed by atoms with Gasteiger partial charge in [0, 0.05) is 44.6 Å². The minimum atomic E-state index is -0.792. The SMILES string of the molecule is COC(C)CCC(=O)/C=C/C(=O)OCCC(C)CCC(=O)OCCCCCOC(=O)CCC(C)CCOC(=O)/C=C/C(=O)OCC(C)O. The third kappa shape index (κ3) is 28.6. The highest BCUT2D eigenvalue weighted by Gasteiger charge is 2.11. The van der Waals surface area contributed by atoms with Crippen LogP contribution in [0, 0.1) is 11.8 Å². The third-order valence-corrected chi connectivity index (χ3v) is 7.13. The van der Waals surface area contributed by atoms with Crippen LogP contribution in [-0.2, 0) is 57.2 Å². The maximum atomic E-state index is 12.0. The second-order valence-corrected chi connectivity index (χ2v) is 11.9. The largest absolute Gasteiger partial charge is 0.466 e. The molecule has 0 spiro atoms. The van der Waals surface area contributed by atoms with Crippen LogP contribution in [0.25, 0.3) is 0 Å². The fourth-order valence-corrected chi connectivity index (χ4v) is 3.83. The number of esters is 5. The number of hydrogen-bond acceptors (Lipinski definition) is 13. The molecular weight excluding hydrogens is 628 g/mol. The molecule has 4 atom stereocenters. The summed E-state index contributed by atoms with van der Waals surface area (Å²) in [5.74, 6) is -2.49. The Hall–Kier alpha value is -3.58. The van der Waals surface area contributed by atoms with Crippen LogP contribution in [0.3, 0.4) is 0 Å². The first kappa shape index (κ1) is 44.4. The van der Waals surface area contributed by atoms with Crippen molar-refractivity contribution in [3.05, 3.63) is 24.3 Å². The Morgan fingerprint density at radius 3 is 1.46 bits per heavy atom. The lowest BCUT2D eigenvalue weighted by Gasteiger charge is -2.11. The van der Waals surface area contributed by atoms with Crippen LogP contribution in [0.4, 0.5) is 0 Å². The van der Waals surface area contributed by atoms with Crippen molar-refractivity contribution in [2.75, 3.05) is 40.1 Å². The predicted octanol–water partition coefficient (Wildman–Crippen LogP) is 4.36. The van der Waals surface area contributed by atoms with E-state index >= 15 is 0 Å². The van der Waals surface area contributed by atoms with Crippen molar-refractivity contribution < 1.29 is 62.3 Å². The fourth-order valence-electron chi connectivity index (χ4n) is 3.83. The van der Waals surface area contributed by atoms with Crippen molar-refractivity contribution >= 4 is 35.6 Å². The summed E-state index contributed by atoms with van der Waals surface area (Å²) in [4.78, 5) is 70.6. The quantitative estimate of drug-likeness (QED) is 0.0532. The molecular formula is C35H56O13. The van der Waals surface area contributed by atoms with Gasteiger partial charge in [0.15, 0.2) is 5.78 Å². The minimum Gasteiger partial charge on any atom is -0.466 e. The van der Waals surface area contributed by atoms with Crippen molar-refractivity contribution in [1.82, 2.24) is 0 Å². The van der Waals surface area contributed by atoms with E-state index in [0.717, 1.165) is 24.6 Å². The molecule has 13 nitrogen and oxygen atoms in total. The number of allylic oxidation sites excluding steroid dienone is 1. The Morgan fingerprint density at radius 2 is 1.00 bits per heavy atom. The summed E-state index contributed by atoms with van der Waals surface area (Å²) in [5.41, 5.74) is 0. The Kier molecular flexibility index (Phi) is 26.3. The molecule has 0 fully saturated rings. The standard InChI is InChI=1S/C35H56O13/c1-26(19-23-46-33(40)16-13-30(37)12-11-29(4)43-5)9-14-31(38)44-21-7-6-8-22-45-32(39)15-10-27(2)20-24-47-34(41)17-18-35(42)48-25-28(3)36/h13,16-18,26-29,36H,6-12,14-15,19-25H2,1-5H3/b16-13+,18-17+. The highest BCUT2D eigenvalue weighted by molar-refractivity contribution is 5.95. The summed E-state index contributed by atoms with van der Waals surface area (Å²) in [7, 11) is 1.58. The zero-order valence-electron chi connectivity index (χ0n) is 29.3. The monoisotopic (exact) mass is 684 g/mol. The van der Waals surface area contributed by atoms with Gasteiger partial charge in [0.2, 0.25) is 0 Å². The number of ether oxygens (including phenoxy) is 6. The highest BCUT2D eigenvalue weighted by atomic mass is 16.6. The van der Waals surface area contributed by atoms with E-state index in [-0.39, 0.29) is 74.9 Å². The molecule has 13 heteroatoms. The van der Waals surface area contributed by atoms with E-state index in [4.69, 9.17) is 33.5 Å². The van der Waals surface area contributed by atoms with Gasteiger partial charge >= 0.3 is 29.8 Å². The highest BCUT2D eigenvalue weighted by Crippen LogP contribution is 2.13. The number of unbranched alkanes of at least 4 members (excludes halogenated alkanes) is 2. The molecule has 0 aromatic heterocycles. The van der Waals surface area contributed by atoms with E-state index in [1.54, 1.807) is 7.11 Å². The van der Waals surface area contributed by atoms with Crippen molar-refractivity contribution in [3.63, 3.8) is 0 Å². The van der Waals surface area contributed by atoms with Gasteiger partial charge in [0.05, 0.1) is 38.6 Å². The molecule has 1 N–H and O–H groups in total. The van der Waals surface area contributed by atoms with Crippen molar-refractivity contribution in [3.8, 4) is 0 Å². The van der Waals surface area contributed by atoms with Crippen molar-refractivity contribution in [2.24, 2.45) is 11.8 Å². The average molecular weight is 685 g/mol. The molecule has 0 radical (unpaired) electrons. The van der Waals surface area contributed by atoms with Gasteiger partial charge in [-0.05, 0) is 83.1 Å². The van der Waals surface area contributed by atoms with E-state index < -0.39 is 24.0 Å². The summed E-state index contributed by atoms with van der Waals surface area (Å²) in [6, 6.07) is 0. The molecule has 0 rings (SSSR count). The average Bonchev–Trinajstić information content (AvgIpc) is 3.05. The number of aliphatic hydroxyl groups excluding tert-OH is 1. The van der Waals surface area contributed by atoms with Gasteiger partial charge in [0.1, 0.15) is 6.61 Å². The van der Waals surface area contributed by atoms with Gasteiger partial charge in [-0.15, -0.1) is 0 Å². The normalized spacial score (nSPS) is 13.8. The van der Waals surface area contributed by atoms with E-state index in [1.807, 2.05) is 20.8 Å². The smallest absolute Gasteiger partial charge is 0.331 e. The minimum absolute atomic E-state index is 0.0218. The number of hydrogen-bond donors (Lipinski definition) is 1. The zero-order chi connectivity index (χ0) is 36.2. The summed E-state index contributed by atoms with van der Waals surface area (Å²) < 4.78 is 30.5.